The molecule has 0 radical (unpaired) electrons. The van der Waals surface area contributed by atoms with Gasteiger partial charge in [0, 0.05) is 43.7 Å². The Hall–Kier alpha value is -3.42. The number of benzene rings is 1. The number of aromatic amines is 1. The van der Waals surface area contributed by atoms with Gasteiger partial charge < -0.3 is 19.2 Å². The van der Waals surface area contributed by atoms with E-state index in [0.29, 0.717) is 24.4 Å². The lowest BCUT2D eigenvalue weighted by molar-refractivity contribution is -0.130. The van der Waals surface area contributed by atoms with Crippen LogP contribution in [0.25, 0.3) is 33.5 Å². The number of ether oxygens (including phenoxy) is 1. The number of fused-ring (bicyclic) bond motifs is 2. The molecule has 3 aromatic heterocycles. The largest absolute Gasteiger partial charge is 0.471 e. The molecule has 0 aliphatic carbocycles. The molecule has 1 atom stereocenters. The van der Waals surface area contributed by atoms with Gasteiger partial charge in [-0.25, -0.2) is 9.97 Å². The molecule has 1 aliphatic rings. The molecule has 1 aliphatic heterocycles. The summed E-state index contributed by atoms with van der Waals surface area (Å²) in [5, 5.41) is 1.16. The SMILES string of the molecule is CCC(=O)N1CCC(Oc2ncnc3c2nc(-c2ccc4cc[nH]c4c2)n3C)C1. The number of nitrogens with one attached hydrogen (secondary N) is 1. The Morgan fingerprint density at radius 2 is 2.21 bits per heavy atom. The van der Waals surface area contributed by atoms with Crippen molar-refractivity contribution in [2.75, 3.05) is 13.1 Å². The highest BCUT2D eigenvalue weighted by Crippen LogP contribution is 2.29. The lowest BCUT2D eigenvalue weighted by Crippen LogP contribution is -2.30. The molecule has 5 rings (SSSR count). The van der Waals surface area contributed by atoms with Crippen molar-refractivity contribution < 1.29 is 9.53 Å². The first-order valence-corrected chi connectivity index (χ1v) is 9.83. The molecule has 148 valence electrons. The number of carbonyl (C=O) groups is 1. The van der Waals surface area contributed by atoms with Crippen molar-refractivity contribution in [3.8, 4) is 17.3 Å². The van der Waals surface area contributed by atoms with E-state index < -0.39 is 0 Å². The number of aromatic nitrogens is 5. The lowest BCUT2D eigenvalue weighted by atomic mass is 10.1. The number of aryl methyl sites for hydroxylation is 1. The normalized spacial score (nSPS) is 16.8. The molecule has 0 bridgehead atoms. The first-order valence-electron chi connectivity index (χ1n) is 9.83. The van der Waals surface area contributed by atoms with Crippen LogP contribution in [0.2, 0.25) is 0 Å². The molecular formula is C21H22N6O2. The van der Waals surface area contributed by atoms with E-state index in [2.05, 4.69) is 33.2 Å². The van der Waals surface area contributed by atoms with E-state index in [4.69, 9.17) is 9.72 Å². The van der Waals surface area contributed by atoms with Crippen LogP contribution in [0.5, 0.6) is 5.88 Å². The first-order chi connectivity index (χ1) is 14.1. The second kappa shape index (κ2) is 6.88. The van der Waals surface area contributed by atoms with Crippen LogP contribution in [0.15, 0.2) is 36.8 Å². The monoisotopic (exact) mass is 390 g/mol. The average molecular weight is 390 g/mol. The average Bonchev–Trinajstić information content (AvgIpc) is 3.46. The van der Waals surface area contributed by atoms with Gasteiger partial charge in [-0.05, 0) is 17.5 Å². The molecule has 8 nitrogen and oxygen atoms in total. The molecule has 8 heteroatoms. The van der Waals surface area contributed by atoms with E-state index in [-0.39, 0.29) is 12.0 Å². The van der Waals surface area contributed by atoms with Gasteiger partial charge in [0.1, 0.15) is 18.3 Å². The Bertz CT molecular complexity index is 1210. The minimum absolute atomic E-state index is 0.0793. The number of amides is 1. The second-order valence-electron chi connectivity index (χ2n) is 7.35. The van der Waals surface area contributed by atoms with Crippen LogP contribution in [-0.4, -0.2) is 54.5 Å². The highest BCUT2D eigenvalue weighted by atomic mass is 16.5. The Balaban J connectivity index is 1.48. The Morgan fingerprint density at radius 1 is 1.31 bits per heavy atom. The topological polar surface area (TPSA) is 88.9 Å². The number of nitrogens with zero attached hydrogens (tertiary/aromatic N) is 5. The highest BCUT2D eigenvalue weighted by molar-refractivity contribution is 5.86. The van der Waals surface area contributed by atoms with Gasteiger partial charge in [-0.3, -0.25) is 4.79 Å². The summed E-state index contributed by atoms with van der Waals surface area (Å²) in [6.45, 7) is 3.18. The zero-order valence-corrected chi connectivity index (χ0v) is 16.4. The van der Waals surface area contributed by atoms with E-state index in [9.17, 15) is 4.79 Å². The minimum Gasteiger partial charge on any atom is -0.471 e. The summed E-state index contributed by atoms with van der Waals surface area (Å²) in [5.74, 6) is 1.42. The molecule has 1 aromatic carbocycles. The fourth-order valence-corrected chi connectivity index (χ4v) is 3.94. The lowest BCUT2D eigenvalue weighted by Gasteiger charge is -2.16. The zero-order valence-electron chi connectivity index (χ0n) is 16.4. The maximum Gasteiger partial charge on any atom is 0.245 e. The molecule has 29 heavy (non-hydrogen) atoms. The fourth-order valence-electron chi connectivity index (χ4n) is 3.94. The smallest absolute Gasteiger partial charge is 0.245 e. The molecule has 1 saturated heterocycles. The summed E-state index contributed by atoms with van der Waals surface area (Å²) in [5.41, 5.74) is 3.41. The molecule has 0 saturated carbocycles. The van der Waals surface area contributed by atoms with Crippen molar-refractivity contribution in [3.05, 3.63) is 36.8 Å². The van der Waals surface area contributed by atoms with E-state index in [0.717, 1.165) is 40.9 Å². The van der Waals surface area contributed by atoms with Crippen molar-refractivity contribution in [1.82, 2.24) is 29.4 Å². The number of hydrogen-bond donors (Lipinski definition) is 1. The van der Waals surface area contributed by atoms with Crippen molar-refractivity contribution in [2.45, 2.75) is 25.9 Å². The van der Waals surface area contributed by atoms with E-state index in [1.54, 1.807) is 0 Å². The van der Waals surface area contributed by atoms with Gasteiger partial charge in [-0.2, -0.15) is 4.98 Å². The van der Waals surface area contributed by atoms with Crippen LogP contribution in [0.3, 0.4) is 0 Å². The van der Waals surface area contributed by atoms with Crippen molar-refractivity contribution in [1.29, 1.82) is 0 Å². The van der Waals surface area contributed by atoms with E-state index in [1.807, 2.05) is 35.7 Å². The standard InChI is InChI=1S/C21H22N6O2/c1-3-17(28)27-9-7-15(11-27)29-21-18-20(23-12-24-21)26(2)19(25-18)14-5-4-13-6-8-22-16(13)10-14/h4-6,8,10,12,15,22H,3,7,9,11H2,1-2H3. The molecule has 1 amide bonds. The number of carbonyl (C=O) groups excluding carboxylic acids is 1. The predicted molar refractivity (Wildman–Crippen MR) is 110 cm³/mol. The van der Waals surface area contributed by atoms with Gasteiger partial charge in [0.2, 0.25) is 11.8 Å². The quantitative estimate of drug-likeness (QED) is 0.579. The van der Waals surface area contributed by atoms with Crippen molar-refractivity contribution in [3.63, 3.8) is 0 Å². The number of rotatable bonds is 4. The summed E-state index contributed by atoms with van der Waals surface area (Å²) >= 11 is 0. The molecule has 0 spiro atoms. The summed E-state index contributed by atoms with van der Waals surface area (Å²) in [6.07, 6.45) is 4.65. The minimum atomic E-state index is -0.0793. The summed E-state index contributed by atoms with van der Waals surface area (Å²) < 4.78 is 8.10. The van der Waals surface area contributed by atoms with Crippen LogP contribution in [0, 0.1) is 0 Å². The maximum atomic E-state index is 11.9. The Morgan fingerprint density at radius 3 is 3.07 bits per heavy atom. The molecule has 4 aromatic rings. The molecule has 1 unspecified atom stereocenters. The molecule has 1 fully saturated rings. The fraction of sp³-hybridized carbons (Fsp3) is 0.333. The number of hydrogen-bond acceptors (Lipinski definition) is 5. The van der Waals surface area contributed by atoms with Crippen LogP contribution in [-0.2, 0) is 11.8 Å². The summed E-state index contributed by atoms with van der Waals surface area (Å²) in [7, 11) is 1.94. The van der Waals surface area contributed by atoms with Gasteiger partial charge in [0.25, 0.3) is 0 Å². The van der Waals surface area contributed by atoms with E-state index >= 15 is 0 Å². The Labute approximate surface area is 167 Å². The van der Waals surface area contributed by atoms with Crippen LogP contribution in [0.1, 0.15) is 19.8 Å². The third-order valence-corrected chi connectivity index (χ3v) is 5.51. The number of likely N-dealkylation sites (tertiary alicyclic amines) is 1. The van der Waals surface area contributed by atoms with Crippen LogP contribution >= 0.6 is 0 Å². The van der Waals surface area contributed by atoms with Gasteiger partial charge in [0.05, 0.1) is 6.54 Å². The number of H-pyrrole nitrogens is 1. The maximum absolute atomic E-state index is 11.9. The van der Waals surface area contributed by atoms with E-state index in [1.165, 1.54) is 6.33 Å². The second-order valence-corrected chi connectivity index (χ2v) is 7.35. The summed E-state index contributed by atoms with van der Waals surface area (Å²) in [6, 6.07) is 8.24. The zero-order chi connectivity index (χ0) is 20.0. The van der Waals surface area contributed by atoms with Crippen LogP contribution in [0.4, 0.5) is 0 Å². The first kappa shape index (κ1) is 17.7. The van der Waals surface area contributed by atoms with Crippen molar-refractivity contribution in [2.24, 2.45) is 7.05 Å². The van der Waals surface area contributed by atoms with Gasteiger partial charge in [0.15, 0.2) is 11.2 Å². The third kappa shape index (κ3) is 3.00. The molecule has 4 heterocycles. The van der Waals surface area contributed by atoms with Crippen LogP contribution < -0.4 is 4.74 Å². The highest BCUT2D eigenvalue weighted by Gasteiger charge is 2.28. The molecular weight excluding hydrogens is 368 g/mol. The van der Waals surface area contributed by atoms with Gasteiger partial charge in [-0.1, -0.05) is 19.1 Å². The van der Waals surface area contributed by atoms with Gasteiger partial charge >= 0.3 is 0 Å². The third-order valence-electron chi connectivity index (χ3n) is 5.51. The van der Waals surface area contributed by atoms with Crippen molar-refractivity contribution >= 4 is 28.0 Å². The van der Waals surface area contributed by atoms with Gasteiger partial charge in [-0.15, -0.1) is 0 Å². The predicted octanol–water partition coefficient (Wildman–Crippen LogP) is 2.90. The number of imidazole rings is 1. The molecule has 1 N–H and O–H groups in total. The Kier molecular flexibility index (Phi) is 4.19. The summed E-state index contributed by atoms with van der Waals surface area (Å²) in [4.78, 5) is 30.6.